The molecule has 0 aromatic rings. The summed E-state index contributed by atoms with van der Waals surface area (Å²) in [6, 6.07) is 1.49. The molecule has 0 aliphatic rings. The molecule has 15 heavy (non-hydrogen) atoms. The average Bonchev–Trinajstić information content (AvgIpc) is 2.22. The third kappa shape index (κ3) is 5.99. The second-order valence-corrected chi connectivity index (χ2v) is 3.77. The van der Waals surface area contributed by atoms with Gasteiger partial charge in [0, 0.05) is 7.11 Å². The molecular weight excluding hydrogens is 225 g/mol. The normalized spacial score (nSPS) is 13.7. The molecule has 0 radical (unpaired) electrons. The van der Waals surface area contributed by atoms with Crippen molar-refractivity contribution < 1.29 is 28.0 Å². The lowest BCUT2D eigenvalue weighted by molar-refractivity contribution is -0.139. The molecule has 0 amide bonds. The molecule has 1 atom stereocenters. The molecule has 1 N–H and O–H groups in total. The van der Waals surface area contributed by atoms with Gasteiger partial charge in [-0.25, -0.2) is 9.36 Å². The number of ether oxygens (including phenoxy) is 1. The van der Waals surface area contributed by atoms with Gasteiger partial charge in [0.25, 0.3) is 0 Å². The van der Waals surface area contributed by atoms with E-state index in [0.717, 1.165) is 7.11 Å². The number of nitrogens with zero attached hydrogens (tertiary/aromatic N) is 1. The zero-order valence-corrected chi connectivity index (χ0v) is 8.90. The summed E-state index contributed by atoms with van der Waals surface area (Å²) < 4.78 is 23.6. The van der Waals surface area contributed by atoms with Crippen LogP contribution in [-0.4, -0.2) is 31.2 Å². The summed E-state index contributed by atoms with van der Waals surface area (Å²) in [5.74, 6) is -0.897. The molecule has 0 saturated carbocycles. The van der Waals surface area contributed by atoms with Gasteiger partial charge < -0.3 is 9.63 Å². The quantitative estimate of drug-likeness (QED) is 0.233. The number of phosphoric acid groups is 1. The third-order valence-electron chi connectivity index (χ3n) is 1.18. The van der Waals surface area contributed by atoms with Crippen molar-refractivity contribution in [2.24, 2.45) is 0 Å². The largest absolute Gasteiger partial charge is 0.472 e. The number of phosphoric ester groups is 1. The first-order valence-electron chi connectivity index (χ1n) is 3.72. The number of carbonyl (C=O) groups excluding carboxylic acids is 1. The van der Waals surface area contributed by atoms with Gasteiger partial charge in [0.15, 0.2) is 0 Å². The molecular formula is C7H10NO6P. The fourth-order valence-corrected chi connectivity index (χ4v) is 0.883. The maximum atomic E-state index is 10.8. The van der Waals surface area contributed by atoms with Crippen LogP contribution in [0.3, 0.4) is 0 Å². The van der Waals surface area contributed by atoms with Crippen molar-refractivity contribution in [3.8, 4) is 6.07 Å². The van der Waals surface area contributed by atoms with Gasteiger partial charge in [-0.2, -0.15) is 5.26 Å². The van der Waals surface area contributed by atoms with E-state index in [9.17, 15) is 9.36 Å². The second kappa shape index (κ2) is 6.32. The van der Waals surface area contributed by atoms with E-state index in [1.54, 1.807) is 0 Å². The van der Waals surface area contributed by atoms with E-state index in [0.29, 0.717) is 0 Å². The van der Waals surface area contributed by atoms with Crippen molar-refractivity contribution in [1.82, 2.24) is 0 Å². The van der Waals surface area contributed by atoms with Crippen LogP contribution in [0.5, 0.6) is 0 Å². The zero-order valence-electron chi connectivity index (χ0n) is 8.00. The minimum Gasteiger partial charge on any atom is -0.459 e. The maximum absolute atomic E-state index is 10.8. The Morgan fingerprint density at radius 3 is 2.67 bits per heavy atom. The monoisotopic (exact) mass is 235 g/mol. The molecule has 0 saturated heterocycles. The molecule has 84 valence electrons. The van der Waals surface area contributed by atoms with Crippen molar-refractivity contribution in [3.63, 3.8) is 0 Å². The summed E-state index contributed by atoms with van der Waals surface area (Å²) in [7, 11) is -3.04. The van der Waals surface area contributed by atoms with E-state index in [1.807, 2.05) is 0 Å². The Hall–Kier alpha value is -1.19. The lowest BCUT2D eigenvalue weighted by atomic mass is 10.3. The Labute approximate surface area is 86.5 Å². The number of hydrogen-bond acceptors (Lipinski definition) is 6. The smallest absolute Gasteiger partial charge is 0.459 e. The molecule has 0 fully saturated rings. The third-order valence-corrected chi connectivity index (χ3v) is 2.15. The van der Waals surface area contributed by atoms with Crippen LogP contribution < -0.4 is 0 Å². The van der Waals surface area contributed by atoms with E-state index >= 15 is 0 Å². The number of esters is 1. The standard InChI is InChI=1S/C7H10NO6P/c1-6(5-8)7(9)13-3-4-14-15(10,11)12-2/h1,3-4H2,2H3,(H,10,11). The van der Waals surface area contributed by atoms with Crippen LogP contribution in [0.1, 0.15) is 0 Å². The Bertz CT molecular complexity index is 333. The molecule has 0 aromatic heterocycles. The van der Waals surface area contributed by atoms with Crippen molar-refractivity contribution in [2.75, 3.05) is 20.3 Å². The van der Waals surface area contributed by atoms with Gasteiger partial charge in [-0.3, -0.25) is 9.05 Å². The Morgan fingerprint density at radius 1 is 1.60 bits per heavy atom. The molecule has 8 heteroatoms. The minimum absolute atomic E-state index is 0.270. The average molecular weight is 235 g/mol. The zero-order chi connectivity index (χ0) is 11.9. The molecule has 7 nitrogen and oxygen atoms in total. The van der Waals surface area contributed by atoms with Gasteiger partial charge >= 0.3 is 13.8 Å². The van der Waals surface area contributed by atoms with Crippen LogP contribution in [0.25, 0.3) is 0 Å². The van der Waals surface area contributed by atoms with Crippen LogP contribution in [0.2, 0.25) is 0 Å². The van der Waals surface area contributed by atoms with Crippen LogP contribution >= 0.6 is 7.82 Å². The SMILES string of the molecule is C=C(C#N)C(=O)OCCOP(=O)(O)OC. The first kappa shape index (κ1) is 13.8. The predicted octanol–water partition coefficient (Wildman–Crippen LogP) is 0.373. The highest BCUT2D eigenvalue weighted by Gasteiger charge is 2.18. The van der Waals surface area contributed by atoms with Crippen molar-refractivity contribution in [1.29, 1.82) is 5.26 Å². The molecule has 0 heterocycles. The van der Waals surface area contributed by atoms with Crippen molar-refractivity contribution in [2.45, 2.75) is 0 Å². The first-order chi connectivity index (χ1) is 6.93. The Balaban J connectivity index is 3.74. The maximum Gasteiger partial charge on any atom is 0.472 e. The molecule has 0 aliphatic heterocycles. The minimum atomic E-state index is -4.04. The van der Waals surface area contributed by atoms with Crippen LogP contribution in [0.4, 0.5) is 0 Å². The van der Waals surface area contributed by atoms with E-state index < -0.39 is 13.8 Å². The molecule has 0 spiro atoms. The number of hydrogen-bond donors (Lipinski definition) is 1. The first-order valence-corrected chi connectivity index (χ1v) is 5.21. The van der Waals surface area contributed by atoms with Gasteiger partial charge in [-0.05, 0) is 0 Å². The molecule has 0 bridgehead atoms. The van der Waals surface area contributed by atoms with Gasteiger partial charge in [0.2, 0.25) is 0 Å². The Kier molecular flexibility index (Phi) is 5.82. The van der Waals surface area contributed by atoms with E-state index in [-0.39, 0.29) is 18.8 Å². The van der Waals surface area contributed by atoms with Gasteiger partial charge in [-0.15, -0.1) is 0 Å². The van der Waals surface area contributed by atoms with Gasteiger partial charge in [0.05, 0.1) is 6.61 Å². The summed E-state index contributed by atoms with van der Waals surface area (Å²) >= 11 is 0. The fraction of sp³-hybridized carbons (Fsp3) is 0.429. The van der Waals surface area contributed by atoms with E-state index in [4.69, 9.17) is 10.2 Å². The highest BCUT2D eigenvalue weighted by atomic mass is 31.2. The van der Waals surface area contributed by atoms with Crippen LogP contribution in [-0.2, 0) is 23.1 Å². The molecule has 1 unspecified atom stereocenters. The topological polar surface area (TPSA) is 106 Å². The summed E-state index contributed by atoms with van der Waals surface area (Å²) in [5.41, 5.74) is -0.353. The molecule has 0 aliphatic carbocycles. The predicted molar refractivity (Wildman–Crippen MR) is 48.5 cm³/mol. The second-order valence-electron chi connectivity index (χ2n) is 2.21. The van der Waals surface area contributed by atoms with Crippen molar-refractivity contribution >= 4 is 13.8 Å². The number of rotatable bonds is 6. The number of carbonyl (C=O) groups is 1. The highest BCUT2D eigenvalue weighted by molar-refractivity contribution is 7.47. The lowest BCUT2D eigenvalue weighted by Crippen LogP contribution is -2.11. The summed E-state index contributed by atoms with van der Waals surface area (Å²) in [4.78, 5) is 19.6. The summed E-state index contributed by atoms with van der Waals surface area (Å²) in [6.45, 7) is 2.53. The van der Waals surface area contributed by atoms with E-state index in [1.165, 1.54) is 6.07 Å². The van der Waals surface area contributed by atoms with Crippen LogP contribution in [0, 0.1) is 11.3 Å². The Morgan fingerprint density at radius 2 is 2.20 bits per heavy atom. The summed E-state index contributed by atoms with van der Waals surface area (Å²) in [5, 5.41) is 8.24. The fourth-order valence-electron chi connectivity index (χ4n) is 0.472. The van der Waals surface area contributed by atoms with Crippen LogP contribution in [0.15, 0.2) is 12.2 Å². The molecule has 0 rings (SSSR count). The van der Waals surface area contributed by atoms with Gasteiger partial charge in [0.1, 0.15) is 18.2 Å². The number of nitriles is 1. The molecule has 0 aromatic carbocycles. The summed E-state index contributed by atoms with van der Waals surface area (Å²) in [6.07, 6.45) is 0. The lowest BCUT2D eigenvalue weighted by Gasteiger charge is -2.08. The van der Waals surface area contributed by atoms with Gasteiger partial charge in [-0.1, -0.05) is 6.58 Å². The highest BCUT2D eigenvalue weighted by Crippen LogP contribution is 2.41. The van der Waals surface area contributed by atoms with E-state index in [2.05, 4.69) is 20.4 Å². The van der Waals surface area contributed by atoms with Crippen molar-refractivity contribution in [3.05, 3.63) is 12.2 Å².